The highest BCUT2D eigenvalue weighted by atomic mass is 16.5. The average Bonchev–Trinajstić information content (AvgIpc) is 2.12. The summed E-state index contributed by atoms with van der Waals surface area (Å²) in [7, 11) is 0. The van der Waals surface area contributed by atoms with Gasteiger partial charge in [0.15, 0.2) is 0 Å². The summed E-state index contributed by atoms with van der Waals surface area (Å²) in [5, 5.41) is 10.5. The molecule has 0 bridgehead atoms. The zero-order valence-corrected chi connectivity index (χ0v) is 7.86. The molecule has 1 rings (SSSR count). The maximum absolute atomic E-state index is 10.2. The van der Waals surface area contributed by atoms with E-state index in [1.807, 2.05) is 13.0 Å². The summed E-state index contributed by atoms with van der Waals surface area (Å²) in [6, 6.07) is 1.84. The Kier molecular flexibility index (Phi) is 3.66. The minimum atomic E-state index is -0.776. The minimum absolute atomic E-state index is 0.213. The molecule has 0 aromatic carbocycles. The summed E-state index contributed by atoms with van der Waals surface area (Å²) in [5.74, 6) is 0.651. The summed E-state index contributed by atoms with van der Waals surface area (Å²) in [6.07, 6.45) is 0.882. The Morgan fingerprint density at radius 1 is 1.71 bits per heavy atom. The molecule has 0 unspecified atom stereocenters. The fourth-order valence-electron chi connectivity index (χ4n) is 0.881. The van der Waals surface area contributed by atoms with Crippen LogP contribution in [0.4, 0.5) is 10.6 Å². The van der Waals surface area contributed by atoms with Crippen molar-refractivity contribution in [3.8, 4) is 0 Å². The highest BCUT2D eigenvalue weighted by Crippen LogP contribution is 2.01. The Hall–Kier alpha value is -1.85. The molecular formula is C8H12N4O2. The molecule has 0 spiro atoms. The smallest absolute Gasteiger partial charge is 0.404 e. The van der Waals surface area contributed by atoms with Gasteiger partial charge in [0.2, 0.25) is 0 Å². The summed E-state index contributed by atoms with van der Waals surface area (Å²) in [6.45, 7) is 2.59. The van der Waals surface area contributed by atoms with Crippen LogP contribution in [0.5, 0.6) is 0 Å². The van der Waals surface area contributed by atoms with Gasteiger partial charge in [-0.25, -0.2) is 4.79 Å². The molecule has 0 fully saturated rings. The highest BCUT2D eigenvalue weighted by molar-refractivity contribution is 5.64. The molecule has 76 valence electrons. The van der Waals surface area contributed by atoms with E-state index in [4.69, 9.17) is 5.73 Å². The fourth-order valence-corrected chi connectivity index (χ4v) is 0.881. The van der Waals surface area contributed by atoms with Gasteiger partial charge in [-0.1, -0.05) is 0 Å². The second kappa shape index (κ2) is 5.00. The molecule has 0 saturated carbocycles. The molecule has 1 aromatic heterocycles. The number of hydrogen-bond acceptors (Lipinski definition) is 5. The van der Waals surface area contributed by atoms with Crippen LogP contribution in [-0.2, 0) is 4.74 Å². The summed E-state index contributed by atoms with van der Waals surface area (Å²) < 4.78 is 4.52. The molecule has 0 atom stereocenters. The summed E-state index contributed by atoms with van der Waals surface area (Å²) >= 11 is 0. The van der Waals surface area contributed by atoms with Crippen molar-refractivity contribution >= 4 is 11.9 Å². The third kappa shape index (κ3) is 3.70. The van der Waals surface area contributed by atoms with Crippen LogP contribution in [0.15, 0.2) is 12.3 Å². The average molecular weight is 196 g/mol. The van der Waals surface area contributed by atoms with Crippen molar-refractivity contribution in [3.05, 3.63) is 17.8 Å². The Bertz CT molecular complexity index is 316. The molecule has 0 radical (unpaired) electrons. The van der Waals surface area contributed by atoms with E-state index in [-0.39, 0.29) is 6.61 Å². The number of nitrogens with one attached hydrogen (secondary N) is 1. The van der Waals surface area contributed by atoms with E-state index in [0.29, 0.717) is 12.4 Å². The molecule has 14 heavy (non-hydrogen) atoms. The molecule has 0 aliphatic heterocycles. The monoisotopic (exact) mass is 196 g/mol. The van der Waals surface area contributed by atoms with Crippen LogP contribution in [0.2, 0.25) is 0 Å². The maximum atomic E-state index is 10.2. The second-order valence-corrected chi connectivity index (χ2v) is 2.71. The normalized spacial score (nSPS) is 9.50. The van der Waals surface area contributed by atoms with E-state index in [9.17, 15) is 4.79 Å². The number of amides is 1. The van der Waals surface area contributed by atoms with Gasteiger partial charge in [-0.3, -0.25) is 0 Å². The topological polar surface area (TPSA) is 90.1 Å². The second-order valence-electron chi connectivity index (χ2n) is 2.71. The Balaban J connectivity index is 2.28. The lowest BCUT2D eigenvalue weighted by atomic mass is 10.3. The number of ether oxygens (including phenoxy) is 1. The number of carbonyl (C=O) groups excluding carboxylic acids is 1. The first kappa shape index (κ1) is 10.2. The van der Waals surface area contributed by atoms with Gasteiger partial charge in [-0.2, -0.15) is 5.10 Å². The van der Waals surface area contributed by atoms with Crippen molar-refractivity contribution in [1.82, 2.24) is 10.2 Å². The number of rotatable bonds is 4. The SMILES string of the molecule is Cc1cnnc(NCCOC(N)=O)c1. The summed E-state index contributed by atoms with van der Waals surface area (Å²) in [4.78, 5) is 10.2. The van der Waals surface area contributed by atoms with Gasteiger partial charge in [0.1, 0.15) is 12.4 Å². The number of primary amides is 1. The standard InChI is InChI=1S/C8H12N4O2/c1-6-4-7(12-11-5-6)10-2-3-14-8(9)13/h4-5H,2-3H2,1H3,(H2,9,13)(H,10,12). The predicted molar refractivity (Wildman–Crippen MR) is 50.8 cm³/mol. The maximum Gasteiger partial charge on any atom is 0.404 e. The van der Waals surface area contributed by atoms with Crippen molar-refractivity contribution in [2.45, 2.75) is 6.92 Å². The third-order valence-electron chi connectivity index (χ3n) is 1.44. The van der Waals surface area contributed by atoms with E-state index in [1.165, 1.54) is 0 Å². The van der Waals surface area contributed by atoms with Crippen LogP contribution in [0.1, 0.15) is 5.56 Å². The first-order valence-electron chi connectivity index (χ1n) is 4.14. The van der Waals surface area contributed by atoms with E-state index in [2.05, 4.69) is 20.3 Å². The Morgan fingerprint density at radius 3 is 3.14 bits per heavy atom. The number of anilines is 1. The van der Waals surface area contributed by atoms with Crippen LogP contribution in [-0.4, -0.2) is 29.4 Å². The van der Waals surface area contributed by atoms with E-state index >= 15 is 0 Å². The zero-order valence-electron chi connectivity index (χ0n) is 7.86. The number of aromatic nitrogens is 2. The van der Waals surface area contributed by atoms with E-state index < -0.39 is 6.09 Å². The van der Waals surface area contributed by atoms with Gasteiger partial charge in [-0.05, 0) is 18.6 Å². The van der Waals surface area contributed by atoms with Gasteiger partial charge >= 0.3 is 6.09 Å². The molecule has 0 aliphatic carbocycles. The number of nitrogens with two attached hydrogens (primary N) is 1. The molecule has 1 aromatic rings. The zero-order chi connectivity index (χ0) is 10.4. The highest BCUT2D eigenvalue weighted by Gasteiger charge is 1.96. The lowest BCUT2D eigenvalue weighted by Crippen LogP contribution is -2.18. The molecule has 1 amide bonds. The lowest BCUT2D eigenvalue weighted by Gasteiger charge is -2.04. The van der Waals surface area contributed by atoms with Crippen molar-refractivity contribution in [2.24, 2.45) is 5.73 Å². The number of nitrogens with zero attached hydrogens (tertiary/aromatic N) is 2. The van der Waals surface area contributed by atoms with Crippen molar-refractivity contribution in [3.63, 3.8) is 0 Å². The van der Waals surface area contributed by atoms with E-state index in [0.717, 1.165) is 5.56 Å². The van der Waals surface area contributed by atoms with Crippen LogP contribution in [0.25, 0.3) is 0 Å². The van der Waals surface area contributed by atoms with Crippen molar-refractivity contribution < 1.29 is 9.53 Å². The summed E-state index contributed by atoms with van der Waals surface area (Å²) in [5.41, 5.74) is 5.79. The Morgan fingerprint density at radius 2 is 2.50 bits per heavy atom. The molecule has 0 aliphatic rings. The lowest BCUT2D eigenvalue weighted by molar-refractivity contribution is 0.161. The molecule has 1 heterocycles. The largest absolute Gasteiger partial charge is 0.448 e. The molecule has 6 heteroatoms. The van der Waals surface area contributed by atoms with Gasteiger partial charge in [-0.15, -0.1) is 5.10 Å². The van der Waals surface area contributed by atoms with Crippen LogP contribution < -0.4 is 11.1 Å². The van der Waals surface area contributed by atoms with Crippen molar-refractivity contribution in [2.75, 3.05) is 18.5 Å². The third-order valence-corrected chi connectivity index (χ3v) is 1.44. The van der Waals surface area contributed by atoms with Gasteiger partial charge < -0.3 is 15.8 Å². The Labute approximate surface area is 81.5 Å². The number of carbonyl (C=O) groups is 1. The molecule has 3 N–H and O–H groups in total. The molecule has 0 saturated heterocycles. The first-order valence-corrected chi connectivity index (χ1v) is 4.14. The van der Waals surface area contributed by atoms with Gasteiger partial charge in [0.05, 0.1) is 12.7 Å². The number of aryl methyl sites for hydroxylation is 1. The van der Waals surface area contributed by atoms with Crippen LogP contribution in [0, 0.1) is 6.92 Å². The van der Waals surface area contributed by atoms with E-state index in [1.54, 1.807) is 6.20 Å². The quantitative estimate of drug-likeness (QED) is 0.675. The van der Waals surface area contributed by atoms with Gasteiger partial charge in [0.25, 0.3) is 0 Å². The molecular weight excluding hydrogens is 184 g/mol. The minimum Gasteiger partial charge on any atom is -0.448 e. The predicted octanol–water partition coefficient (Wildman–Crippen LogP) is 0.292. The first-order chi connectivity index (χ1) is 6.68. The van der Waals surface area contributed by atoms with Gasteiger partial charge in [0, 0.05) is 0 Å². The van der Waals surface area contributed by atoms with Crippen molar-refractivity contribution in [1.29, 1.82) is 0 Å². The molecule has 6 nitrogen and oxygen atoms in total. The number of hydrogen-bond donors (Lipinski definition) is 2. The fraction of sp³-hybridized carbons (Fsp3) is 0.375. The van der Waals surface area contributed by atoms with Crippen LogP contribution >= 0.6 is 0 Å². The van der Waals surface area contributed by atoms with Crippen LogP contribution in [0.3, 0.4) is 0 Å².